The van der Waals surface area contributed by atoms with Crippen molar-refractivity contribution in [3.05, 3.63) is 39.2 Å². The molecule has 1 saturated heterocycles. The van der Waals surface area contributed by atoms with Gasteiger partial charge in [-0.1, -0.05) is 32.4 Å². The van der Waals surface area contributed by atoms with Crippen LogP contribution in [0.15, 0.2) is 22.8 Å². The second kappa shape index (κ2) is 10.9. The van der Waals surface area contributed by atoms with Crippen molar-refractivity contribution in [2.45, 2.75) is 58.0 Å². The minimum Gasteiger partial charge on any atom is -0.413 e. The lowest BCUT2D eigenvalue weighted by molar-refractivity contribution is 0.0698. The number of hydrogen-bond donors (Lipinski definition) is 2. The van der Waals surface area contributed by atoms with Crippen molar-refractivity contribution in [1.29, 1.82) is 5.26 Å². The van der Waals surface area contributed by atoms with Gasteiger partial charge >= 0.3 is 0 Å². The van der Waals surface area contributed by atoms with Crippen LogP contribution in [0.1, 0.15) is 32.8 Å². The highest BCUT2D eigenvalue weighted by molar-refractivity contribution is 9.10. The summed E-state index contributed by atoms with van der Waals surface area (Å²) in [5.41, 5.74) is 1.18. The predicted octanol–water partition coefficient (Wildman–Crippen LogP) is 6.64. The molecule has 184 valence electrons. The Kier molecular flexibility index (Phi) is 8.58. The van der Waals surface area contributed by atoms with Crippen molar-refractivity contribution >= 4 is 53.3 Å². The number of nitrogens with one attached hydrogen (secondary N) is 2. The third-order valence-electron chi connectivity index (χ3n) is 6.34. The van der Waals surface area contributed by atoms with E-state index in [1.165, 1.54) is 12.3 Å². The molecule has 0 unspecified atom stereocenters. The summed E-state index contributed by atoms with van der Waals surface area (Å²) in [6, 6.07) is 5.24. The van der Waals surface area contributed by atoms with Gasteiger partial charge < -0.3 is 19.8 Å². The molecule has 0 bridgehead atoms. The fourth-order valence-corrected chi connectivity index (χ4v) is 4.60. The number of benzene rings is 1. The van der Waals surface area contributed by atoms with Crippen molar-refractivity contribution in [2.24, 2.45) is 5.92 Å². The van der Waals surface area contributed by atoms with Crippen LogP contribution in [0.25, 0.3) is 0 Å². The van der Waals surface area contributed by atoms with Gasteiger partial charge in [-0.25, -0.2) is 9.37 Å². The summed E-state index contributed by atoms with van der Waals surface area (Å²) in [4.78, 5) is 8.66. The molecule has 3 rings (SSSR count). The van der Waals surface area contributed by atoms with Gasteiger partial charge in [-0.15, -0.1) is 0 Å². The lowest BCUT2D eigenvalue weighted by Crippen LogP contribution is -2.40. The number of halogens is 3. The van der Waals surface area contributed by atoms with Crippen LogP contribution in [0.4, 0.5) is 21.8 Å². The van der Waals surface area contributed by atoms with E-state index in [2.05, 4.69) is 76.5 Å². The molecule has 2 N–H and O–H groups in total. The Morgan fingerprint density at radius 3 is 2.79 bits per heavy atom. The molecule has 2 heterocycles. The van der Waals surface area contributed by atoms with E-state index in [4.69, 9.17) is 20.8 Å². The number of rotatable bonds is 7. The summed E-state index contributed by atoms with van der Waals surface area (Å²) in [6.07, 6.45) is 2.10. The maximum atomic E-state index is 14.7. The van der Waals surface area contributed by atoms with Crippen molar-refractivity contribution in [3.8, 4) is 6.07 Å². The molecule has 34 heavy (non-hydrogen) atoms. The zero-order valence-electron chi connectivity index (χ0n) is 20.0. The van der Waals surface area contributed by atoms with Gasteiger partial charge in [0.25, 0.3) is 0 Å². The van der Waals surface area contributed by atoms with Gasteiger partial charge in [0.2, 0.25) is 5.95 Å². The standard InChI is InChI=1S/C23H30BrClFN5O2Si/c1-23(2,3)34(4,5)33-12-15-8-16(9-18(26)20(15)24)29-22-28-11-17(25)21(31-22)30-19-13-32-7-6-14(19)10-27/h8-9,11,14,19H,6-7,12-13H2,1-5H3,(H2,28,29,30,31)/t14-,19+/m0/s1. The van der Waals surface area contributed by atoms with E-state index in [0.29, 0.717) is 46.2 Å². The highest BCUT2D eigenvalue weighted by atomic mass is 79.9. The van der Waals surface area contributed by atoms with Gasteiger partial charge in [0.1, 0.15) is 10.8 Å². The zero-order valence-corrected chi connectivity index (χ0v) is 23.3. The first-order valence-electron chi connectivity index (χ1n) is 11.1. The van der Waals surface area contributed by atoms with E-state index >= 15 is 0 Å². The molecule has 0 spiro atoms. The molecule has 2 atom stereocenters. The average molecular weight is 571 g/mol. The molecule has 11 heteroatoms. The van der Waals surface area contributed by atoms with Crippen LogP contribution in [0.2, 0.25) is 23.2 Å². The Hall–Kier alpha value is -1.77. The first-order valence-corrected chi connectivity index (χ1v) is 15.1. The first-order chi connectivity index (χ1) is 15.9. The minimum absolute atomic E-state index is 0.0440. The lowest BCUT2D eigenvalue weighted by Gasteiger charge is -2.36. The van der Waals surface area contributed by atoms with Crippen LogP contribution in [-0.2, 0) is 15.8 Å². The Bertz CT molecular complexity index is 1080. The summed E-state index contributed by atoms with van der Waals surface area (Å²) >= 11 is 9.63. The molecule has 1 aliphatic rings. The van der Waals surface area contributed by atoms with Gasteiger partial charge in [0.05, 0.1) is 41.9 Å². The number of anilines is 3. The highest BCUT2D eigenvalue weighted by Gasteiger charge is 2.37. The maximum absolute atomic E-state index is 14.7. The average Bonchev–Trinajstić information content (AvgIpc) is 2.77. The summed E-state index contributed by atoms with van der Waals surface area (Å²) in [6.45, 7) is 12.0. The van der Waals surface area contributed by atoms with E-state index in [9.17, 15) is 9.65 Å². The van der Waals surface area contributed by atoms with Crippen molar-refractivity contribution in [1.82, 2.24) is 9.97 Å². The third kappa shape index (κ3) is 6.46. The summed E-state index contributed by atoms with van der Waals surface area (Å²) in [7, 11) is -2.01. The van der Waals surface area contributed by atoms with E-state index in [-0.39, 0.29) is 29.6 Å². The second-order valence-corrected chi connectivity index (χ2v) is 15.9. The highest BCUT2D eigenvalue weighted by Crippen LogP contribution is 2.38. The van der Waals surface area contributed by atoms with Gasteiger partial charge in [-0.05, 0) is 58.2 Å². The molecule has 0 saturated carbocycles. The van der Waals surface area contributed by atoms with Gasteiger partial charge in [-0.2, -0.15) is 10.2 Å². The Balaban J connectivity index is 1.79. The number of ether oxygens (including phenoxy) is 1. The predicted molar refractivity (Wildman–Crippen MR) is 138 cm³/mol. The van der Waals surface area contributed by atoms with Crippen molar-refractivity contribution in [2.75, 3.05) is 23.8 Å². The molecule has 0 amide bonds. The number of nitriles is 1. The first kappa shape index (κ1) is 26.8. The monoisotopic (exact) mass is 569 g/mol. The number of aromatic nitrogens is 2. The topological polar surface area (TPSA) is 92.1 Å². The smallest absolute Gasteiger partial charge is 0.229 e. The third-order valence-corrected chi connectivity index (χ3v) is 12.0. The van der Waals surface area contributed by atoms with Gasteiger partial charge in [0, 0.05) is 12.3 Å². The van der Waals surface area contributed by atoms with E-state index in [0.717, 1.165) is 0 Å². The van der Waals surface area contributed by atoms with Gasteiger partial charge in [-0.3, -0.25) is 0 Å². The van der Waals surface area contributed by atoms with E-state index in [1.54, 1.807) is 0 Å². The second-order valence-electron chi connectivity index (χ2n) is 9.85. The Labute approximate surface area is 214 Å². The fraction of sp³-hybridized carbons (Fsp3) is 0.522. The maximum Gasteiger partial charge on any atom is 0.229 e. The molecule has 0 radical (unpaired) electrons. The Morgan fingerprint density at radius 1 is 1.38 bits per heavy atom. The van der Waals surface area contributed by atoms with Gasteiger partial charge in [0.15, 0.2) is 14.1 Å². The Morgan fingerprint density at radius 2 is 2.12 bits per heavy atom. The van der Waals surface area contributed by atoms with E-state index in [1.807, 2.05) is 6.07 Å². The molecular weight excluding hydrogens is 541 g/mol. The van der Waals surface area contributed by atoms with Crippen molar-refractivity contribution < 1.29 is 13.6 Å². The summed E-state index contributed by atoms with van der Waals surface area (Å²) in [5, 5.41) is 16.0. The summed E-state index contributed by atoms with van der Waals surface area (Å²) in [5.74, 6) is 0.00619. The normalized spacial score (nSPS) is 18.9. The van der Waals surface area contributed by atoms with Crippen LogP contribution < -0.4 is 10.6 Å². The fourth-order valence-electron chi connectivity index (χ4n) is 3.17. The number of hydrogen-bond acceptors (Lipinski definition) is 7. The number of nitrogens with zero attached hydrogens (tertiary/aromatic N) is 3. The SMILES string of the molecule is CC(C)(C)[Si](C)(C)OCc1cc(Nc2ncc(Cl)c(N[C@@H]3COCC[C@H]3C#N)n2)cc(F)c1Br. The molecule has 1 fully saturated rings. The minimum atomic E-state index is -2.01. The molecule has 1 aromatic heterocycles. The van der Waals surface area contributed by atoms with Crippen LogP contribution in [-0.4, -0.2) is 37.5 Å². The molecule has 0 aliphatic carbocycles. The largest absolute Gasteiger partial charge is 0.413 e. The van der Waals surface area contributed by atoms with Crippen LogP contribution in [0.3, 0.4) is 0 Å². The van der Waals surface area contributed by atoms with Crippen LogP contribution in [0.5, 0.6) is 0 Å². The van der Waals surface area contributed by atoms with Crippen LogP contribution >= 0.6 is 27.5 Å². The molecule has 2 aromatic rings. The molecule has 7 nitrogen and oxygen atoms in total. The zero-order chi connectivity index (χ0) is 25.1. The van der Waals surface area contributed by atoms with E-state index < -0.39 is 14.1 Å². The van der Waals surface area contributed by atoms with Crippen molar-refractivity contribution in [3.63, 3.8) is 0 Å². The lowest BCUT2D eigenvalue weighted by atomic mass is 9.96. The quantitative estimate of drug-likeness (QED) is 0.361. The summed E-state index contributed by atoms with van der Waals surface area (Å²) < 4.78 is 26.8. The molecule has 1 aromatic carbocycles. The molecule has 1 aliphatic heterocycles. The van der Waals surface area contributed by atoms with Crippen LogP contribution in [0, 0.1) is 23.1 Å². The molecular formula is C23H30BrClFN5O2Si.